The van der Waals surface area contributed by atoms with E-state index in [2.05, 4.69) is 16.8 Å². The molecule has 1 N–H and O–H groups in total. The van der Waals surface area contributed by atoms with Gasteiger partial charge in [0.25, 0.3) is 0 Å². The van der Waals surface area contributed by atoms with Crippen LogP contribution in [0.5, 0.6) is 5.75 Å². The summed E-state index contributed by atoms with van der Waals surface area (Å²) in [6.07, 6.45) is 4.65. The molecule has 4 heteroatoms. The van der Waals surface area contributed by atoms with Crippen LogP contribution in [0.2, 0.25) is 0 Å². The van der Waals surface area contributed by atoms with Crippen molar-refractivity contribution in [1.29, 1.82) is 0 Å². The molecule has 0 unspecified atom stereocenters. The van der Waals surface area contributed by atoms with Crippen LogP contribution < -0.4 is 4.74 Å². The topological polar surface area (TPSA) is 51.6 Å². The van der Waals surface area contributed by atoms with E-state index >= 15 is 0 Å². The number of aromatic nitrogens is 1. The Bertz CT molecular complexity index is 382. The number of aliphatic hydroxyl groups is 1. The zero-order valence-corrected chi connectivity index (χ0v) is 9.98. The Hall–Kier alpha value is -1.57. The first-order chi connectivity index (χ1) is 8.36. The number of rotatable bonds is 6. The third-order valence-electron chi connectivity index (χ3n) is 1.94. The number of hydrogen-bond donors (Lipinski definition) is 1. The van der Waals surface area contributed by atoms with Crippen molar-refractivity contribution in [2.75, 3.05) is 26.9 Å². The Kier molecular flexibility index (Phi) is 6.80. The Morgan fingerprint density at radius 3 is 3.00 bits per heavy atom. The summed E-state index contributed by atoms with van der Waals surface area (Å²) in [6, 6.07) is 1.84. The molecular weight excluding hydrogens is 218 g/mol. The summed E-state index contributed by atoms with van der Waals surface area (Å²) in [5.74, 6) is 6.46. The molecule has 0 aromatic carbocycles. The predicted octanol–water partition coefficient (Wildman–Crippen LogP) is 1.23. The molecule has 1 heterocycles. The van der Waals surface area contributed by atoms with E-state index in [1.165, 1.54) is 0 Å². The van der Waals surface area contributed by atoms with E-state index in [0.717, 1.165) is 12.0 Å². The molecule has 0 spiro atoms. The molecule has 1 aromatic rings. The largest absolute Gasteiger partial charge is 0.492 e. The van der Waals surface area contributed by atoms with Crippen LogP contribution in [0.3, 0.4) is 0 Å². The average molecular weight is 235 g/mol. The highest BCUT2D eigenvalue weighted by molar-refractivity contribution is 5.36. The van der Waals surface area contributed by atoms with E-state index < -0.39 is 0 Å². The maximum Gasteiger partial charge on any atom is 0.138 e. The van der Waals surface area contributed by atoms with Gasteiger partial charge in [-0.05, 0) is 6.07 Å². The van der Waals surface area contributed by atoms with Crippen LogP contribution >= 0.6 is 0 Å². The highest BCUT2D eigenvalue weighted by Gasteiger charge is 1.95. The molecule has 0 bridgehead atoms. The fourth-order valence-corrected chi connectivity index (χ4v) is 1.18. The van der Waals surface area contributed by atoms with Crippen LogP contribution in [0.1, 0.15) is 18.4 Å². The van der Waals surface area contributed by atoms with Crippen LogP contribution in [0.4, 0.5) is 0 Å². The van der Waals surface area contributed by atoms with Crippen molar-refractivity contribution in [2.24, 2.45) is 0 Å². The Morgan fingerprint density at radius 2 is 2.24 bits per heavy atom. The molecule has 4 nitrogen and oxygen atoms in total. The van der Waals surface area contributed by atoms with E-state index in [4.69, 9.17) is 14.6 Å². The van der Waals surface area contributed by atoms with E-state index in [-0.39, 0.29) is 6.61 Å². The van der Waals surface area contributed by atoms with Crippen molar-refractivity contribution in [3.05, 3.63) is 24.0 Å². The summed E-state index contributed by atoms with van der Waals surface area (Å²) in [7, 11) is 1.67. The van der Waals surface area contributed by atoms with Crippen molar-refractivity contribution < 1.29 is 14.6 Å². The van der Waals surface area contributed by atoms with Gasteiger partial charge in [0.1, 0.15) is 5.75 Å². The lowest BCUT2D eigenvalue weighted by Crippen LogP contribution is -2.01. The summed E-state index contributed by atoms with van der Waals surface area (Å²) in [4.78, 5) is 4.04. The molecular formula is C13H17NO3. The van der Waals surface area contributed by atoms with Crippen molar-refractivity contribution >= 4 is 0 Å². The Labute approximate surface area is 102 Å². The predicted molar refractivity (Wildman–Crippen MR) is 64.8 cm³/mol. The second kappa shape index (κ2) is 8.57. The number of methoxy groups -OCH3 is 1. The average Bonchev–Trinajstić information content (AvgIpc) is 2.36. The van der Waals surface area contributed by atoms with Crippen LogP contribution in [0.15, 0.2) is 18.5 Å². The molecule has 0 saturated heterocycles. The van der Waals surface area contributed by atoms with Gasteiger partial charge >= 0.3 is 0 Å². The van der Waals surface area contributed by atoms with Gasteiger partial charge in [0.15, 0.2) is 0 Å². The summed E-state index contributed by atoms with van der Waals surface area (Å²) in [6.45, 7) is 1.36. The van der Waals surface area contributed by atoms with E-state index in [1.54, 1.807) is 19.5 Å². The number of ether oxygens (including phenoxy) is 2. The molecule has 92 valence electrons. The summed E-state index contributed by atoms with van der Waals surface area (Å²) in [5.41, 5.74) is 0.794. The molecule has 1 aromatic heterocycles. The second-order valence-corrected chi connectivity index (χ2v) is 3.38. The van der Waals surface area contributed by atoms with E-state index in [9.17, 15) is 0 Å². The van der Waals surface area contributed by atoms with Gasteiger partial charge in [-0.3, -0.25) is 4.98 Å². The summed E-state index contributed by atoms with van der Waals surface area (Å²) >= 11 is 0. The summed E-state index contributed by atoms with van der Waals surface area (Å²) < 4.78 is 10.4. The lowest BCUT2D eigenvalue weighted by Gasteiger charge is -2.05. The van der Waals surface area contributed by atoms with Crippen LogP contribution in [-0.2, 0) is 4.74 Å². The molecule has 0 amide bonds. The van der Waals surface area contributed by atoms with Gasteiger partial charge in [0.05, 0.1) is 19.4 Å². The molecule has 0 atom stereocenters. The third kappa shape index (κ3) is 5.91. The van der Waals surface area contributed by atoms with E-state index in [0.29, 0.717) is 25.4 Å². The van der Waals surface area contributed by atoms with Gasteiger partial charge < -0.3 is 14.6 Å². The minimum Gasteiger partial charge on any atom is -0.492 e. The number of aliphatic hydroxyl groups excluding tert-OH is 1. The lowest BCUT2D eigenvalue weighted by molar-refractivity contribution is 0.172. The maximum atomic E-state index is 8.61. The smallest absolute Gasteiger partial charge is 0.138 e. The Morgan fingerprint density at radius 1 is 1.35 bits per heavy atom. The van der Waals surface area contributed by atoms with Crippen molar-refractivity contribution in [1.82, 2.24) is 4.98 Å². The van der Waals surface area contributed by atoms with Gasteiger partial charge in [-0.1, -0.05) is 11.8 Å². The molecule has 0 aliphatic rings. The highest BCUT2D eigenvalue weighted by atomic mass is 16.5. The first-order valence-electron chi connectivity index (χ1n) is 5.53. The lowest BCUT2D eigenvalue weighted by atomic mass is 10.2. The van der Waals surface area contributed by atoms with Crippen molar-refractivity contribution in [3.8, 4) is 17.6 Å². The SMILES string of the molecule is COCCCOc1cncc(C#CCCO)c1. The molecule has 0 radical (unpaired) electrons. The first kappa shape index (κ1) is 13.5. The number of pyridine rings is 1. The third-order valence-corrected chi connectivity index (χ3v) is 1.94. The van der Waals surface area contributed by atoms with Crippen molar-refractivity contribution in [2.45, 2.75) is 12.8 Å². The standard InChI is InChI=1S/C13H17NO3/c1-16-7-4-8-17-13-9-12(10-14-11-13)5-2-3-6-15/h9-11,15H,3-4,6-8H2,1H3. The molecule has 0 saturated carbocycles. The van der Waals surface area contributed by atoms with Crippen LogP contribution in [-0.4, -0.2) is 37.0 Å². The van der Waals surface area contributed by atoms with Crippen LogP contribution in [0.25, 0.3) is 0 Å². The minimum absolute atomic E-state index is 0.0770. The molecule has 0 fully saturated rings. The van der Waals surface area contributed by atoms with E-state index in [1.807, 2.05) is 6.07 Å². The van der Waals surface area contributed by atoms with Gasteiger partial charge in [-0.15, -0.1) is 0 Å². The fourth-order valence-electron chi connectivity index (χ4n) is 1.18. The fraction of sp³-hybridized carbons (Fsp3) is 0.462. The normalized spacial score (nSPS) is 9.53. The number of hydrogen-bond acceptors (Lipinski definition) is 4. The molecule has 0 aliphatic carbocycles. The monoisotopic (exact) mass is 235 g/mol. The van der Waals surface area contributed by atoms with Crippen LogP contribution in [0, 0.1) is 11.8 Å². The van der Waals surface area contributed by atoms with Gasteiger partial charge in [-0.25, -0.2) is 0 Å². The molecule has 17 heavy (non-hydrogen) atoms. The minimum atomic E-state index is 0.0770. The first-order valence-corrected chi connectivity index (χ1v) is 5.53. The highest BCUT2D eigenvalue weighted by Crippen LogP contribution is 2.10. The second-order valence-electron chi connectivity index (χ2n) is 3.38. The molecule has 0 aliphatic heterocycles. The summed E-state index contributed by atoms with van der Waals surface area (Å²) in [5, 5.41) is 8.61. The maximum absolute atomic E-state index is 8.61. The number of nitrogens with zero attached hydrogens (tertiary/aromatic N) is 1. The Balaban J connectivity index is 2.46. The van der Waals surface area contributed by atoms with Gasteiger partial charge in [0.2, 0.25) is 0 Å². The van der Waals surface area contributed by atoms with Gasteiger partial charge in [0, 0.05) is 38.3 Å². The van der Waals surface area contributed by atoms with Gasteiger partial charge in [-0.2, -0.15) is 0 Å². The quantitative estimate of drug-likeness (QED) is 0.595. The van der Waals surface area contributed by atoms with Crippen molar-refractivity contribution in [3.63, 3.8) is 0 Å². The zero-order valence-electron chi connectivity index (χ0n) is 9.98. The zero-order chi connectivity index (χ0) is 12.3. The molecule has 1 rings (SSSR count).